The molecule has 3 aliphatic rings. The number of halogens is 1. The standard InChI is InChI=1S/C40H56FN2O7P/c1-22-20-43(36(45)42-35(22)44)32-19-30-31(47-32)21-46-51(41,48-30)49-33-26(15-24(37(3,4)5)17-28(33)39(9,10)11)23(2)27-16-25(38(6,7)8)18-29(34(27)50-51)40(12,13)14/h15-18,20,23,30-32H,19,21H2,1-14H3,(H,42,44,45)/t30-,31+,32+/m0/s1. The van der Waals surface area contributed by atoms with Crippen molar-refractivity contribution in [3.8, 4) is 11.5 Å². The Hall–Kier alpha value is -3.04. The number of aromatic nitrogens is 2. The van der Waals surface area contributed by atoms with E-state index in [2.05, 4.69) is 119 Å². The second-order valence-corrected chi connectivity index (χ2v) is 21.1. The molecule has 1 spiro atoms. The second-order valence-electron chi connectivity index (χ2n) is 18.8. The van der Waals surface area contributed by atoms with Gasteiger partial charge in [-0.25, -0.2) is 0 Å². The van der Waals surface area contributed by atoms with E-state index in [1.807, 2.05) is 0 Å². The maximum atomic E-state index is 18.9. The summed E-state index contributed by atoms with van der Waals surface area (Å²) >= 11 is 0. The molecule has 2 fully saturated rings. The minimum atomic E-state index is -6.03. The van der Waals surface area contributed by atoms with Crippen LogP contribution in [0, 0.1) is 6.92 Å². The summed E-state index contributed by atoms with van der Waals surface area (Å²) in [5.74, 6) is 0.462. The van der Waals surface area contributed by atoms with Crippen LogP contribution in [0.25, 0.3) is 0 Å². The summed E-state index contributed by atoms with van der Waals surface area (Å²) in [7, 11) is -6.03. The third-order valence-corrected chi connectivity index (χ3v) is 12.5. The van der Waals surface area contributed by atoms with Crippen molar-refractivity contribution in [2.24, 2.45) is 0 Å². The van der Waals surface area contributed by atoms with E-state index in [9.17, 15) is 9.59 Å². The van der Waals surface area contributed by atoms with E-state index in [0.29, 0.717) is 17.1 Å². The van der Waals surface area contributed by atoms with Gasteiger partial charge in [0, 0.05) is 0 Å². The van der Waals surface area contributed by atoms with Gasteiger partial charge in [0.2, 0.25) is 0 Å². The van der Waals surface area contributed by atoms with E-state index in [1.165, 1.54) is 10.8 Å². The van der Waals surface area contributed by atoms with Gasteiger partial charge in [0.1, 0.15) is 0 Å². The predicted octanol–water partition coefficient (Wildman–Crippen LogP) is 9.46. The monoisotopic (exact) mass is 726 g/mol. The van der Waals surface area contributed by atoms with Gasteiger partial charge >= 0.3 is 302 Å². The summed E-state index contributed by atoms with van der Waals surface area (Å²) in [5, 5.41) is 0. The van der Waals surface area contributed by atoms with Crippen LogP contribution in [-0.4, -0.2) is 28.4 Å². The van der Waals surface area contributed by atoms with Crippen molar-refractivity contribution in [2.75, 3.05) is 6.61 Å². The molecule has 4 heterocycles. The van der Waals surface area contributed by atoms with Crippen LogP contribution in [0.15, 0.2) is 40.1 Å². The Balaban J connectivity index is 1.61. The number of H-pyrrole nitrogens is 1. The molecule has 11 heteroatoms. The molecular formula is C40H56FN2O7P. The number of ether oxygens (including phenoxy) is 1. The topological polar surface area (TPSA) is 101 Å². The molecule has 0 saturated carbocycles. The molecule has 2 aromatic carbocycles. The molecule has 9 nitrogen and oxygen atoms in total. The number of hydrogen-bond donors (Lipinski definition) is 1. The molecule has 6 rings (SSSR count). The van der Waals surface area contributed by atoms with Crippen LogP contribution in [0.3, 0.4) is 0 Å². The number of rotatable bonds is 1. The minimum absolute atomic E-state index is 0.105. The van der Waals surface area contributed by atoms with E-state index in [1.54, 1.807) is 6.92 Å². The Morgan fingerprint density at radius 2 is 1.25 bits per heavy atom. The first-order valence-electron chi connectivity index (χ1n) is 18.0. The third-order valence-electron chi connectivity index (χ3n) is 10.4. The van der Waals surface area contributed by atoms with Gasteiger partial charge in [-0.1, -0.05) is 0 Å². The molecule has 0 radical (unpaired) electrons. The number of nitrogens with zero attached hydrogens (tertiary/aromatic N) is 1. The SMILES string of the molecule is Cc1cn([C@H]2C[C@@H]3OP4(F)(OC[C@H]3O2)Oc2c(cc(C(C)(C)C)cc2C(C)(C)C)C(C)c2cc(C(C)(C)C)cc(C(C)(C)C)c2O4)c(=O)[nH]c1=O. The van der Waals surface area contributed by atoms with Gasteiger partial charge in [-0.05, 0) is 0 Å². The van der Waals surface area contributed by atoms with E-state index >= 15 is 4.20 Å². The van der Waals surface area contributed by atoms with Crippen molar-refractivity contribution in [1.29, 1.82) is 0 Å². The summed E-state index contributed by atoms with van der Waals surface area (Å²) < 4.78 is 52.5. The first-order chi connectivity index (χ1) is 23.2. The molecule has 280 valence electrons. The Labute approximate surface area is 301 Å². The molecule has 3 aromatic rings. The van der Waals surface area contributed by atoms with Crippen LogP contribution in [0.5, 0.6) is 11.5 Å². The zero-order valence-electron chi connectivity index (χ0n) is 32.7. The Morgan fingerprint density at radius 1 is 0.765 bits per heavy atom. The van der Waals surface area contributed by atoms with Crippen molar-refractivity contribution < 1.29 is 27.0 Å². The average molecular weight is 727 g/mol. The molecule has 0 bridgehead atoms. The van der Waals surface area contributed by atoms with Crippen molar-refractivity contribution >= 4 is 7.82 Å². The first-order valence-corrected chi connectivity index (χ1v) is 19.8. The molecule has 3 atom stereocenters. The van der Waals surface area contributed by atoms with Crippen molar-refractivity contribution in [1.82, 2.24) is 9.55 Å². The number of nitrogens with one attached hydrogen (secondary N) is 1. The van der Waals surface area contributed by atoms with Crippen molar-refractivity contribution in [2.45, 2.75) is 149 Å². The zero-order valence-corrected chi connectivity index (χ0v) is 33.6. The molecule has 0 unspecified atom stereocenters. The van der Waals surface area contributed by atoms with E-state index in [4.69, 9.17) is 22.8 Å². The molecule has 0 aliphatic carbocycles. The van der Waals surface area contributed by atoms with Crippen molar-refractivity contribution in [3.63, 3.8) is 0 Å². The summed E-state index contributed by atoms with van der Waals surface area (Å²) in [4.78, 5) is 27.3. The van der Waals surface area contributed by atoms with Gasteiger partial charge in [-0.3, -0.25) is 0 Å². The van der Waals surface area contributed by atoms with E-state index in [-0.39, 0.29) is 29.8 Å². The van der Waals surface area contributed by atoms with Crippen molar-refractivity contribution in [3.05, 3.63) is 90.2 Å². The number of aromatic amines is 1. The first kappa shape index (κ1) is 37.7. The molecular weight excluding hydrogens is 670 g/mol. The summed E-state index contributed by atoms with van der Waals surface area (Å²) in [5.41, 5.74) is 3.43. The van der Waals surface area contributed by atoms with Gasteiger partial charge in [-0.2, -0.15) is 0 Å². The summed E-state index contributed by atoms with van der Waals surface area (Å²) in [6.07, 6.45) is -0.876. The molecule has 2 saturated heterocycles. The fourth-order valence-electron chi connectivity index (χ4n) is 7.08. The zero-order chi connectivity index (χ0) is 37.9. The predicted molar refractivity (Wildman–Crippen MR) is 200 cm³/mol. The maximum absolute atomic E-state index is 18.9. The number of fused-ring (bicyclic) bond motifs is 3. The fourth-order valence-corrected chi connectivity index (χ4v) is 9.40. The van der Waals surface area contributed by atoms with Crippen LogP contribution >= 0.6 is 7.82 Å². The molecule has 51 heavy (non-hydrogen) atoms. The van der Waals surface area contributed by atoms with Crippen LogP contribution in [0.2, 0.25) is 0 Å². The summed E-state index contributed by atoms with van der Waals surface area (Å²) in [6.45, 7) is 29.1. The van der Waals surface area contributed by atoms with Gasteiger partial charge < -0.3 is 0 Å². The Morgan fingerprint density at radius 3 is 1.71 bits per heavy atom. The second kappa shape index (κ2) is 11.7. The van der Waals surface area contributed by atoms with E-state index < -0.39 is 48.3 Å². The number of aryl methyl sites for hydroxylation is 1. The normalized spacial score (nSPS) is 25.3. The summed E-state index contributed by atoms with van der Waals surface area (Å²) in [6, 6.07) is 8.49. The van der Waals surface area contributed by atoms with Crippen LogP contribution in [-0.2, 0) is 35.4 Å². The van der Waals surface area contributed by atoms with Crippen LogP contribution in [0.4, 0.5) is 4.20 Å². The van der Waals surface area contributed by atoms with Crippen LogP contribution in [0.1, 0.15) is 148 Å². The van der Waals surface area contributed by atoms with Gasteiger partial charge in [0.25, 0.3) is 0 Å². The Kier molecular flexibility index (Phi) is 8.67. The van der Waals surface area contributed by atoms with Gasteiger partial charge in [0.15, 0.2) is 0 Å². The molecule has 1 aromatic heterocycles. The Bertz CT molecular complexity index is 1920. The van der Waals surface area contributed by atoms with Crippen LogP contribution < -0.4 is 20.3 Å². The molecule has 1 N–H and O–H groups in total. The third kappa shape index (κ3) is 6.82. The quantitative estimate of drug-likeness (QED) is 0.250. The number of hydrogen-bond acceptors (Lipinski definition) is 7. The number of benzene rings is 2. The average Bonchev–Trinajstić information content (AvgIpc) is 3.38. The van der Waals surface area contributed by atoms with E-state index in [0.717, 1.165) is 33.4 Å². The molecule has 0 amide bonds. The van der Waals surface area contributed by atoms with Gasteiger partial charge in [0.05, 0.1) is 0 Å². The van der Waals surface area contributed by atoms with Gasteiger partial charge in [-0.15, -0.1) is 0 Å². The fraction of sp³-hybridized carbons (Fsp3) is 0.600. The molecule has 3 aliphatic heterocycles.